The summed E-state index contributed by atoms with van der Waals surface area (Å²) in [7, 11) is 0. The number of fused-ring (bicyclic) bond motifs is 1. The maximum atomic E-state index is 5.71. The van der Waals surface area contributed by atoms with Crippen molar-refractivity contribution in [2.24, 2.45) is 5.73 Å². The Balaban J connectivity index is 1.74. The minimum absolute atomic E-state index is 0.658. The first-order chi connectivity index (χ1) is 8.76. The molecule has 18 heavy (non-hydrogen) atoms. The molecule has 0 unspecified atom stereocenters. The van der Waals surface area contributed by atoms with Crippen molar-refractivity contribution < 1.29 is 0 Å². The van der Waals surface area contributed by atoms with Crippen molar-refractivity contribution in [2.45, 2.75) is 33.1 Å². The Bertz CT molecular complexity index is 534. The Morgan fingerprint density at radius 2 is 1.89 bits per heavy atom. The summed E-state index contributed by atoms with van der Waals surface area (Å²) >= 11 is 1.83. The van der Waals surface area contributed by atoms with Crippen LogP contribution < -0.4 is 5.73 Å². The van der Waals surface area contributed by atoms with Gasteiger partial charge in [0, 0.05) is 35.9 Å². The van der Waals surface area contributed by atoms with Gasteiger partial charge in [0.2, 0.25) is 0 Å². The van der Waals surface area contributed by atoms with Crippen LogP contribution in [-0.4, -0.2) is 4.90 Å². The van der Waals surface area contributed by atoms with Crippen LogP contribution in [0.2, 0.25) is 0 Å². The van der Waals surface area contributed by atoms with Crippen molar-refractivity contribution in [3.63, 3.8) is 0 Å². The molecule has 0 radical (unpaired) electrons. The lowest BCUT2D eigenvalue weighted by molar-refractivity contribution is 0.275. The molecule has 1 aliphatic heterocycles. The molecule has 2 aromatic rings. The zero-order valence-electron chi connectivity index (χ0n) is 10.6. The summed E-state index contributed by atoms with van der Waals surface area (Å²) in [5, 5.41) is 0. The maximum absolute atomic E-state index is 5.71. The summed E-state index contributed by atoms with van der Waals surface area (Å²) in [6.45, 7) is 6.04. The fourth-order valence-corrected chi connectivity index (χ4v) is 3.53. The van der Waals surface area contributed by atoms with Crippen molar-refractivity contribution >= 4 is 11.3 Å². The molecule has 0 aliphatic carbocycles. The molecule has 1 aromatic carbocycles. The molecule has 2 heterocycles. The molecule has 1 aromatic heterocycles. The lowest BCUT2D eigenvalue weighted by Crippen LogP contribution is -2.15. The second-order valence-corrected chi connectivity index (χ2v) is 6.25. The van der Waals surface area contributed by atoms with E-state index >= 15 is 0 Å². The Hall–Kier alpha value is -1.16. The fourth-order valence-electron chi connectivity index (χ4n) is 2.60. The van der Waals surface area contributed by atoms with Gasteiger partial charge in [-0.25, -0.2) is 0 Å². The van der Waals surface area contributed by atoms with E-state index in [-0.39, 0.29) is 0 Å². The van der Waals surface area contributed by atoms with E-state index in [4.69, 9.17) is 5.73 Å². The largest absolute Gasteiger partial charge is 0.326 e. The lowest BCUT2D eigenvalue weighted by Gasteiger charge is -2.14. The molecule has 0 atom stereocenters. The molecule has 2 N–H and O–H groups in total. The third-order valence-corrected chi connectivity index (χ3v) is 4.69. The number of rotatable bonds is 3. The van der Waals surface area contributed by atoms with Crippen molar-refractivity contribution in [2.75, 3.05) is 0 Å². The summed E-state index contributed by atoms with van der Waals surface area (Å²) in [4.78, 5) is 5.20. The minimum atomic E-state index is 0.658. The number of hydrogen-bond acceptors (Lipinski definition) is 3. The van der Waals surface area contributed by atoms with Crippen LogP contribution in [0.4, 0.5) is 0 Å². The molecule has 0 saturated carbocycles. The number of aryl methyl sites for hydroxylation is 1. The van der Waals surface area contributed by atoms with E-state index in [1.165, 1.54) is 26.4 Å². The molecule has 0 saturated heterocycles. The molecule has 3 heteroatoms. The summed E-state index contributed by atoms with van der Waals surface area (Å²) < 4.78 is 0. The fraction of sp³-hybridized carbons (Fsp3) is 0.333. The first-order valence-corrected chi connectivity index (χ1v) is 7.15. The molecule has 0 fully saturated rings. The second kappa shape index (κ2) is 4.84. The molecule has 2 nitrogen and oxygen atoms in total. The van der Waals surface area contributed by atoms with Crippen LogP contribution in [0.15, 0.2) is 30.3 Å². The van der Waals surface area contributed by atoms with Gasteiger partial charge in [-0.15, -0.1) is 11.3 Å². The van der Waals surface area contributed by atoms with Crippen LogP contribution in [-0.2, 0) is 26.2 Å². The molecule has 3 rings (SSSR count). The van der Waals surface area contributed by atoms with Gasteiger partial charge in [-0.1, -0.05) is 24.3 Å². The van der Waals surface area contributed by atoms with E-state index in [1.807, 2.05) is 11.3 Å². The van der Waals surface area contributed by atoms with Crippen molar-refractivity contribution in [1.82, 2.24) is 4.90 Å². The first kappa shape index (κ1) is 11.9. The Morgan fingerprint density at radius 1 is 1.22 bits per heavy atom. The monoisotopic (exact) mass is 258 g/mol. The average Bonchev–Trinajstić information content (AvgIpc) is 2.93. The van der Waals surface area contributed by atoms with E-state index in [0.29, 0.717) is 6.54 Å². The zero-order chi connectivity index (χ0) is 12.5. The van der Waals surface area contributed by atoms with Crippen molar-refractivity contribution in [1.29, 1.82) is 0 Å². The zero-order valence-corrected chi connectivity index (χ0v) is 11.5. The number of thiophene rings is 1. The Kier molecular flexibility index (Phi) is 3.20. The molecule has 0 amide bonds. The third kappa shape index (κ3) is 2.21. The quantitative estimate of drug-likeness (QED) is 0.917. The van der Waals surface area contributed by atoms with Crippen LogP contribution >= 0.6 is 11.3 Å². The molecular weight excluding hydrogens is 240 g/mol. The summed E-state index contributed by atoms with van der Waals surface area (Å²) in [6.07, 6.45) is 0. The normalized spacial score (nSPS) is 15.0. The predicted molar refractivity (Wildman–Crippen MR) is 76.3 cm³/mol. The number of hydrogen-bond donors (Lipinski definition) is 1. The average molecular weight is 258 g/mol. The van der Waals surface area contributed by atoms with Crippen molar-refractivity contribution in [3.8, 4) is 0 Å². The van der Waals surface area contributed by atoms with E-state index in [0.717, 1.165) is 19.6 Å². The second-order valence-electron chi connectivity index (χ2n) is 4.91. The van der Waals surface area contributed by atoms with Crippen LogP contribution in [0.1, 0.15) is 26.4 Å². The van der Waals surface area contributed by atoms with Crippen molar-refractivity contribution in [3.05, 3.63) is 56.8 Å². The molecule has 94 valence electrons. The highest BCUT2D eigenvalue weighted by atomic mass is 32.1. The summed E-state index contributed by atoms with van der Waals surface area (Å²) in [5.74, 6) is 0. The van der Waals surface area contributed by atoms with E-state index < -0.39 is 0 Å². The summed E-state index contributed by atoms with van der Waals surface area (Å²) in [6, 6.07) is 11.0. The van der Waals surface area contributed by atoms with E-state index in [9.17, 15) is 0 Å². The number of nitrogens with two attached hydrogens (primary N) is 1. The predicted octanol–water partition coefficient (Wildman–Crippen LogP) is 3.03. The highest BCUT2D eigenvalue weighted by Crippen LogP contribution is 2.27. The van der Waals surface area contributed by atoms with Gasteiger partial charge in [0.1, 0.15) is 0 Å². The molecule has 0 bridgehead atoms. The Labute approximate surface area is 112 Å². The SMILES string of the molecule is Cc1sc(CN)cc1CN1Cc2ccccc2C1. The number of benzene rings is 1. The van der Waals surface area contributed by atoms with Gasteiger partial charge in [-0.05, 0) is 29.7 Å². The molecular formula is C15H18N2S. The molecule has 0 spiro atoms. The van der Waals surface area contributed by atoms with Gasteiger partial charge < -0.3 is 5.73 Å². The van der Waals surface area contributed by atoms with Crippen LogP contribution in [0.25, 0.3) is 0 Å². The minimum Gasteiger partial charge on any atom is -0.326 e. The van der Waals surface area contributed by atoms with Gasteiger partial charge in [-0.2, -0.15) is 0 Å². The lowest BCUT2D eigenvalue weighted by atomic mass is 10.1. The van der Waals surface area contributed by atoms with Crippen LogP contribution in [0.3, 0.4) is 0 Å². The third-order valence-electron chi connectivity index (χ3n) is 3.57. The topological polar surface area (TPSA) is 29.3 Å². The van der Waals surface area contributed by atoms with Crippen LogP contribution in [0.5, 0.6) is 0 Å². The standard InChI is InChI=1S/C15H18N2S/c1-11-14(6-15(7-16)18-11)10-17-8-12-4-2-3-5-13(12)9-17/h2-6H,7-10,16H2,1H3. The van der Waals surface area contributed by atoms with Gasteiger partial charge in [0.25, 0.3) is 0 Å². The summed E-state index contributed by atoms with van der Waals surface area (Å²) in [5.41, 5.74) is 10.1. The van der Waals surface area contributed by atoms with Gasteiger partial charge in [0.05, 0.1) is 0 Å². The Morgan fingerprint density at radius 3 is 2.44 bits per heavy atom. The first-order valence-electron chi connectivity index (χ1n) is 6.33. The smallest absolute Gasteiger partial charge is 0.0274 e. The van der Waals surface area contributed by atoms with Gasteiger partial charge in [-0.3, -0.25) is 4.90 Å². The highest BCUT2D eigenvalue weighted by molar-refractivity contribution is 7.12. The van der Waals surface area contributed by atoms with E-state index in [1.54, 1.807) is 0 Å². The van der Waals surface area contributed by atoms with Gasteiger partial charge in [0.15, 0.2) is 0 Å². The number of nitrogens with zero attached hydrogens (tertiary/aromatic N) is 1. The van der Waals surface area contributed by atoms with Gasteiger partial charge >= 0.3 is 0 Å². The highest BCUT2D eigenvalue weighted by Gasteiger charge is 2.19. The van der Waals surface area contributed by atoms with Crippen LogP contribution in [0, 0.1) is 6.92 Å². The molecule has 1 aliphatic rings. The van der Waals surface area contributed by atoms with E-state index in [2.05, 4.69) is 42.2 Å². The maximum Gasteiger partial charge on any atom is 0.0274 e.